The van der Waals surface area contributed by atoms with E-state index >= 15 is 0 Å². The van der Waals surface area contributed by atoms with Crippen molar-refractivity contribution in [2.24, 2.45) is 80.2 Å². The van der Waals surface area contributed by atoms with E-state index in [1.165, 1.54) is 26.3 Å². The molecule has 65 heavy (non-hydrogen) atoms. The molecule has 2 saturated heterocycles. The van der Waals surface area contributed by atoms with Crippen LogP contribution in [-0.4, -0.2) is 93.2 Å². The van der Waals surface area contributed by atoms with Crippen LogP contribution in [0.5, 0.6) is 0 Å². The molecule has 4 unspecified atom stereocenters. The van der Waals surface area contributed by atoms with Crippen molar-refractivity contribution in [3.8, 4) is 0 Å². The molecule has 5 aliphatic carbocycles. The van der Waals surface area contributed by atoms with Gasteiger partial charge in [0.2, 0.25) is 5.91 Å². The summed E-state index contributed by atoms with van der Waals surface area (Å²) in [6.07, 6.45) is 4.79. The molecule has 1 amide bonds. The number of fused-ring (bicyclic) bond motifs is 7. The zero-order chi connectivity index (χ0) is 47.6. The van der Waals surface area contributed by atoms with Crippen molar-refractivity contribution >= 4 is 23.8 Å². The van der Waals surface area contributed by atoms with E-state index in [1.54, 1.807) is 0 Å². The van der Waals surface area contributed by atoms with Crippen molar-refractivity contribution in [3.05, 3.63) is 12.2 Å². The SMILES string of the molecule is C=C(C)[C@@H]1CC[C@]2(C(=O)NCCN)CC[C@]3(C)C(CCC4[C@@]5(C)CC[C@H](O[C@@H]6OC[C@H](C)[C@H](C)[C@H]6O[C@@H]6O[C@@H](C)[C@H](C)[C@@H](OC(C)=O)[C@H]6OC(C)=O)[C@@](C)(COC(C)=O)C5CC[C@]43C)C12. The Hall–Kier alpha value is -2.58. The normalized spacial score (nSPS) is 48.0. The third-order valence-electron chi connectivity index (χ3n) is 19.9. The Morgan fingerprint density at radius 1 is 0.723 bits per heavy atom. The average Bonchev–Trinajstić information content (AvgIpc) is 3.64. The highest BCUT2D eigenvalue weighted by molar-refractivity contribution is 5.84. The zero-order valence-corrected chi connectivity index (χ0v) is 41.8. The molecule has 0 radical (unpaired) electrons. The maximum atomic E-state index is 14.2. The molecule has 0 aromatic heterocycles. The minimum atomic E-state index is -1.04. The Labute approximate surface area is 389 Å². The summed E-state index contributed by atoms with van der Waals surface area (Å²) in [7, 11) is 0. The van der Waals surface area contributed by atoms with Gasteiger partial charge >= 0.3 is 17.9 Å². The van der Waals surface area contributed by atoms with Crippen molar-refractivity contribution in [1.82, 2.24) is 5.32 Å². The van der Waals surface area contributed by atoms with Crippen LogP contribution in [0.3, 0.4) is 0 Å². The molecule has 0 bridgehead atoms. The van der Waals surface area contributed by atoms with Gasteiger partial charge in [-0.15, -0.1) is 0 Å². The second kappa shape index (κ2) is 18.7. The molecule has 2 heterocycles. The summed E-state index contributed by atoms with van der Waals surface area (Å²) in [4.78, 5) is 51.8. The third kappa shape index (κ3) is 8.53. The van der Waals surface area contributed by atoms with Gasteiger partial charge in [0.1, 0.15) is 12.2 Å². The fourth-order valence-corrected chi connectivity index (χ4v) is 16.0. The number of carbonyl (C=O) groups excluding carboxylic acids is 4. The molecule has 368 valence electrons. The number of allylic oxidation sites excluding steroid dienone is 1. The van der Waals surface area contributed by atoms with E-state index in [-0.39, 0.29) is 81.9 Å². The number of carbonyl (C=O) groups is 4. The van der Waals surface area contributed by atoms with Crippen LogP contribution in [0.25, 0.3) is 0 Å². The van der Waals surface area contributed by atoms with Gasteiger partial charge in [-0.3, -0.25) is 19.2 Å². The van der Waals surface area contributed by atoms with Crippen LogP contribution in [0, 0.1) is 74.4 Å². The Morgan fingerprint density at radius 2 is 1.42 bits per heavy atom. The lowest BCUT2D eigenvalue weighted by atomic mass is 9.32. The number of rotatable bonds is 12. The topological polar surface area (TPSA) is 171 Å². The number of nitrogens with two attached hydrogens (primary N) is 1. The van der Waals surface area contributed by atoms with Crippen LogP contribution in [0.15, 0.2) is 12.2 Å². The fraction of sp³-hybridized carbons (Fsp3) is 0.885. The third-order valence-corrected chi connectivity index (χ3v) is 19.9. The Kier molecular flexibility index (Phi) is 14.5. The molecule has 13 heteroatoms. The fourth-order valence-electron chi connectivity index (χ4n) is 16.0. The number of esters is 3. The van der Waals surface area contributed by atoms with Gasteiger partial charge < -0.3 is 44.2 Å². The summed E-state index contributed by atoms with van der Waals surface area (Å²) in [6.45, 7) is 30.5. The van der Waals surface area contributed by atoms with E-state index in [0.29, 0.717) is 37.5 Å². The van der Waals surface area contributed by atoms with Gasteiger partial charge in [0.15, 0.2) is 18.7 Å². The van der Waals surface area contributed by atoms with E-state index in [4.69, 9.17) is 38.9 Å². The highest BCUT2D eigenvalue weighted by Crippen LogP contribution is 2.77. The van der Waals surface area contributed by atoms with Gasteiger partial charge in [-0.05, 0) is 136 Å². The zero-order valence-electron chi connectivity index (χ0n) is 41.8. The molecular formula is C52H84N2O11. The Balaban J connectivity index is 1.18. The van der Waals surface area contributed by atoms with Crippen LogP contribution in [0.4, 0.5) is 0 Å². The molecule has 3 N–H and O–H groups in total. The minimum Gasteiger partial charge on any atom is -0.465 e. The molecule has 20 atom stereocenters. The molecule has 5 saturated carbocycles. The molecule has 0 aromatic rings. The first-order valence-corrected chi connectivity index (χ1v) is 25.2. The van der Waals surface area contributed by atoms with Crippen molar-refractivity contribution in [2.75, 3.05) is 26.3 Å². The summed E-state index contributed by atoms with van der Waals surface area (Å²) >= 11 is 0. The van der Waals surface area contributed by atoms with Crippen molar-refractivity contribution < 1.29 is 52.3 Å². The lowest BCUT2D eigenvalue weighted by Crippen LogP contribution is -2.68. The van der Waals surface area contributed by atoms with E-state index < -0.39 is 48.2 Å². The largest absolute Gasteiger partial charge is 0.465 e. The highest BCUT2D eigenvalue weighted by Gasteiger charge is 2.72. The predicted octanol–water partition coefficient (Wildman–Crippen LogP) is 7.91. The van der Waals surface area contributed by atoms with Gasteiger partial charge in [-0.2, -0.15) is 0 Å². The quantitative estimate of drug-likeness (QED) is 0.0841. The lowest BCUT2D eigenvalue weighted by molar-refractivity contribution is -0.354. The van der Waals surface area contributed by atoms with Crippen LogP contribution >= 0.6 is 0 Å². The van der Waals surface area contributed by atoms with Gasteiger partial charge in [0, 0.05) is 45.2 Å². The Morgan fingerprint density at radius 3 is 2.06 bits per heavy atom. The number of hydrogen-bond donors (Lipinski definition) is 2. The van der Waals surface area contributed by atoms with Crippen LogP contribution in [-0.2, 0) is 52.3 Å². The summed E-state index contributed by atoms with van der Waals surface area (Å²) in [6, 6.07) is 0. The first kappa shape index (κ1) is 50.3. The average molecular weight is 913 g/mol. The summed E-state index contributed by atoms with van der Waals surface area (Å²) in [5.74, 6) is 0.294. The molecule has 2 aliphatic heterocycles. The second-order valence-electron chi connectivity index (χ2n) is 23.2. The number of ether oxygens (including phenoxy) is 7. The number of hydrogen-bond acceptors (Lipinski definition) is 12. The summed E-state index contributed by atoms with van der Waals surface area (Å²) in [5.41, 5.74) is 6.18. The van der Waals surface area contributed by atoms with Gasteiger partial charge in [0.25, 0.3) is 0 Å². The van der Waals surface area contributed by atoms with Crippen LogP contribution in [0.1, 0.15) is 147 Å². The highest BCUT2D eigenvalue weighted by atomic mass is 16.8. The number of nitrogens with one attached hydrogen (secondary N) is 1. The lowest BCUT2D eigenvalue weighted by Gasteiger charge is -2.73. The smallest absolute Gasteiger partial charge is 0.303 e. The first-order valence-electron chi connectivity index (χ1n) is 25.2. The van der Waals surface area contributed by atoms with Crippen molar-refractivity contribution in [1.29, 1.82) is 0 Å². The summed E-state index contributed by atoms with van der Waals surface area (Å²) in [5, 5.41) is 3.25. The molecule has 7 rings (SSSR count). The first-order chi connectivity index (χ1) is 30.5. The van der Waals surface area contributed by atoms with Gasteiger partial charge in [0.05, 0.1) is 30.8 Å². The van der Waals surface area contributed by atoms with Crippen molar-refractivity contribution in [2.45, 2.75) is 190 Å². The van der Waals surface area contributed by atoms with Gasteiger partial charge in [-0.25, -0.2) is 0 Å². The van der Waals surface area contributed by atoms with E-state index in [2.05, 4.69) is 60.4 Å². The van der Waals surface area contributed by atoms with Crippen LogP contribution < -0.4 is 11.1 Å². The molecule has 7 aliphatic rings. The van der Waals surface area contributed by atoms with Gasteiger partial charge in [-0.1, -0.05) is 60.6 Å². The number of amides is 1. The maximum absolute atomic E-state index is 14.2. The Bertz CT molecular complexity index is 1810. The monoisotopic (exact) mass is 913 g/mol. The second-order valence-corrected chi connectivity index (χ2v) is 23.2. The minimum absolute atomic E-state index is 0.0339. The van der Waals surface area contributed by atoms with Crippen molar-refractivity contribution in [3.63, 3.8) is 0 Å². The van der Waals surface area contributed by atoms with E-state index in [0.717, 1.165) is 64.2 Å². The summed E-state index contributed by atoms with van der Waals surface area (Å²) < 4.78 is 44.8. The molecule has 7 fully saturated rings. The molecule has 0 aromatic carbocycles. The predicted molar refractivity (Wildman–Crippen MR) is 244 cm³/mol. The van der Waals surface area contributed by atoms with E-state index in [1.807, 2.05) is 13.8 Å². The molecule has 0 spiro atoms. The maximum Gasteiger partial charge on any atom is 0.303 e. The van der Waals surface area contributed by atoms with E-state index in [9.17, 15) is 19.2 Å². The standard InChI is InChI=1S/C52H84N2O11/c1-28(2)36-16-21-52(47(58)54-25-24-53)23-22-50(12)37(41(36)52)14-15-39-48(10)19-18-40(49(11,27-60-33(7)55)38(48)17-20-51(39,50)13)64-45-43(30(4)29(3)26-59-45)65-46-44(63-35(9)57)42(62-34(8)56)31(5)32(6)61-46/h29-32,36-46H,1,14-27,53H2,2-13H3,(H,54,58)/t29-,30-,31-,32-,36-,37?,38?,39?,40-,41?,42+,43+,44+,45-,46-,48-,49-,50+,51+,52-/m0/s1. The molecule has 13 nitrogen and oxygen atoms in total. The molecular weight excluding hydrogens is 829 g/mol. The van der Waals surface area contributed by atoms with Crippen LogP contribution in [0.2, 0.25) is 0 Å².